The van der Waals surface area contributed by atoms with E-state index in [1.54, 1.807) is 11.3 Å². The lowest BCUT2D eigenvalue weighted by molar-refractivity contribution is 0.153. The Morgan fingerprint density at radius 2 is 2.00 bits per heavy atom. The standard InChI is InChI=1S/C12H19NOS/c1-7-10(12(2,3)4)15-11(13-7)9(14)8-5-6-8/h8-9,14H,5-6H2,1-4H3. The van der Waals surface area contributed by atoms with Crippen LogP contribution in [0.3, 0.4) is 0 Å². The van der Waals surface area contributed by atoms with E-state index in [0.29, 0.717) is 5.92 Å². The van der Waals surface area contributed by atoms with Gasteiger partial charge in [0.1, 0.15) is 11.1 Å². The number of hydrogen-bond acceptors (Lipinski definition) is 3. The molecule has 1 heterocycles. The van der Waals surface area contributed by atoms with Crippen molar-refractivity contribution in [1.29, 1.82) is 0 Å². The molecule has 0 saturated heterocycles. The number of aliphatic hydroxyl groups excluding tert-OH is 1. The molecule has 2 nitrogen and oxygen atoms in total. The van der Waals surface area contributed by atoms with Gasteiger partial charge in [0, 0.05) is 4.88 Å². The Labute approximate surface area is 95.4 Å². The first kappa shape index (κ1) is 11.1. The van der Waals surface area contributed by atoms with E-state index in [4.69, 9.17) is 0 Å². The van der Waals surface area contributed by atoms with Gasteiger partial charge in [-0.2, -0.15) is 0 Å². The van der Waals surface area contributed by atoms with Crippen molar-refractivity contribution in [3.05, 3.63) is 15.6 Å². The molecular weight excluding hydrogens is 206 g/mol. The molecule has 1 unspecified atom stereocenters. The third-order valence-corrected chi connectivity index (χ3v) is 4.47. The van der Waals surface area contributed by atoms with Crippen molar-refractivity contribution < 1.29 is 5.11 Å². The van der Waals surface area contributed by atoms with Crippen LogP contribution in [0.5, 0.6) is 0 Å². The van der Waals surface area contributed by atoms with Gasteiger partial charge in [0.2, 0.25) is 0 Å². The van der Waals surface area contributed by atoms with E-state index in [1.165, 1.54) is 4.88 Å². The van der Waals surface area contributed by atoms with E-state index in [2.05, 4.69) is 25.8 Å². The maximum atomic E-state index is 10.0. The summed E-state index contributed by atoms with van der Waals surface area (Å²) in [4.78, 5) is 5.81. The summed E-state index contributed by atoms with van der Waals surface area (Å²) in [6.45, 7) is 8.63. The molecule has 84 valence electrons. The topological polar surface area (TPSA) is 33.1 Å². The normalized spacial score (nSPS) is 19.3. The zero-order valence-corrected chi connectivity index (χ0v) is 10.7. The van der Waals surface area contributed by atoms with Crippen molar-refractivity contribution in [2.75, 3.05) is 0 Å². The highest BCUT2D eigenvalue weighted by Gasteiger charge is 2.34. The van der Waals surface area contributed by atoms with Crippen LogP contribution >= 0.6 is 11.3 Å². The van der Waals surface area contributed by atoms with Crippen molar-refractivity contribution in [2.24, 2.45) is 5.92 Å². The quantitative estimate of drug-likeness (QED) is 0.838. The van der Waals surface area contributed by atoms with E-state index in [0.717, 1.165) is 23.5 Å². The molecule has 1 atom stereocenters. The van der Waals surface area contributed by atoms with Gasteiger partial charge in [-0.3, -0.25) is 0 Å². The van der Waals surface area contributed by atoms with Crippen LogP contribution in [-0.2, 0) is 5.41 Å². The van der Waals surface area contributed by atoms with Crippen molar-refractivity contribution in [3.63, 3.8) is 0 Å². The molecule has 0 amide bonds. The Bertz CT molecular complexity index is 360. The van der Waals surface area contributed by atoms with Crippen LogP contribution < -0.4 is 0 Å². The average Bonchev–Trinajstić information content (AvgIpc) is 2.86. The molecule has 2 rings (SSSR count). The smallest absolute Gasteiger partial charge is 0.122 e. The minimum atomic E-state index is -0.315. The zero-order chi connectivity index (χ0) is 11.2. The minimum absolute atomic E-state index is 0.142. The Morgan fingerprint density at radius 3 is 2.40 bits per heavy atom. The lowest BCUT2D eigenvalue weighted by Crippen LogP contribution is -2.10. The van der Waals surface area contributed by atoms with Crippen LogP contribution in [0.15, 0.2) is 0 Å². The fourth-order valence-corrected chi connectivity index (χ4v) is 3.06. The maximum Gasteiger partial charge on any atom is 0.122 e. The van der Waals surface area contributed by atoms with E-state index in [1.807, 2.05) is 6.92 Å². The van der Waals surface area contributed by atoms with Gasteiger partial charge in [0.05, 0.1) is 5.69 Å². The molecule has 0 bridgehead atoms. The van der Waals surface area contributed by atoms with Crippen molar-refractivity contribution in [1.82, 2.24) is 4.98 Å². The molecular formula is C12H19NOS. The fourth-order valence-electron chi connectivity index (χ4n) is 1.85. The highest BCUT2D eigenvalue weighted by molar-refractivity contribution is 7.12. The number of aliphatic hydroxyl groups is 1. The van der Waals surface area contributed by atoms with Gasteiger partial charge in [0.25, 0.3) is 0 Å². The SMILES string of the molecule is Cc1nc(C(O)C2CC2)sc1C(C)(C)C. The van der Waals surface area contributed by atoms with Crippen molar-refractivity contribution >= 4 is 11.3 Å². The lowest BCUT2D eigenvalue weighted by Gasteiger charge is -2.16. The molecule has 1 fully saturated rings. The number of thiazole rings is 1. The summed E-state index contributed by atoms with van der Waals surface area (Å²) in [6.07, 6.45) is 2.00. The molecule has 3 heteroatoms. The molecule has 1 aliphatic rings. The first-order valence-corrected chi connectivity index (χ1v) is 6.37. The molecule has 1 N–H and O–H groups in total. The summed E-state index contributed by atoms with van der Waals surface area (Å²) in [7, 11) is 0. The molecule has 15 heavy (non-hydrogen) atoms. The highest BCUT2D eigenvalue weighted by Crippen LogP contribution is 2.43. The summed E-state index contributed by atoms with van der Waals surface area (Å²) in [5.74, 6) is 0.475. The summed E-state index contributed by atoms with van der Waals surface area (Å²) in [5.41, 5.74) is 1.23. The summed E-state index contributed by atoms with van der Waals surface area (Å²) in [6, 6.07) is 0. The second-order valence-corrected chi connectivity index (χ2v) is 6.53. The van der Waals surface area contributed by atoms with Crippen LogP contribution in [0.1, 0.15) is 55.3 Å². The second kappa shape index (κ2) is 3.56. The van der Waals surface area contributed by atoms with Gasteiger partial charge in [0.15, 0.2) is 0 Å². The second-order valence-electron chi connectivity index (χ2n) is 5.50. The number of nitrogens with zero attached hydrogens (tertiary/aromatic N) is 1. The van der Waals surface area contributed by atoms with Gasteiger partial charge in [-0.25, -0.2) is 4.98 Å². The van der Waals surface area contributed by atoms with Gasteiger partial charge < -0.3 is 5.11 Å². The van der Waals surface area contributed by atoms with Crippen LogP contribution in [-0.4, -0.2) is 10.1 Å². The Kier molecular flexibility index (Phi) is 2.63. The third-order valence-electron chi connectivity index (χ3n) is 2.82. The van der Waals surface area contributed by atoms with Gasteiger partial charge >= 0.3 is 0 Å². The summed E-state index contributed by atoms with van der Waals surface area (Å²) in [5, 5.41) is 10.9. The number of aromatic nitrogens is 1. The van der Waals surface area contributed by atoms with Gasteiger partial charge in [-0.15, -0.1) is 11.3 Å². The molecule has 1 saturated carbocycles. The Balaban J connectivity index is 2.27. The highest BCUT2D eigenvalue weighted by atomic mass is 32.1. The average molecular weight is 225 g/mol. The van der Waals surface area contributed by atoms with Crippen LogP contribution in [0.4, 0.5) is 0 Å². The molecule has 1 aliphatic carbocycles. The van der Waals surface area contributed by atoms with Gasteiger partial charge in [-0.05, 0) is 31.1 Å². The number of aryl methyl sites for hydroxylation is 1. The predicted molar refractivity (Wildman–Crippen MR) is 63.2 cm³/mol. The maximum absolute atomic E-state index is 10.0. The minimum Gasteiger partial charge on any atom is -0.386 e. The number of rotatable bonds is 2. The molecule has 1 aromatic rings. The Hall–Kier alpha value is -0.410. The monoisotopic (exact) mass is 225 g/mol. The number of hydrogen-bond donors (Lipinski definition) is 1. The predicted octanol–water partition coefficient (Wildman–Crippen LogP) is 3.19. The molecule has 0 aliphatic heterocycles. The van der Waals surface area contributed by atoms with E-state index < -0.39 is 0 Å². The van der Waals surface area contributed by atoms with Gasteiger partial charge in [-0.1, -0.05) is 20.8 Å². The molecule has 0 radical (unpaired) electrons. The first-order chi connectivity index (χ1) is 6.89. The molecule has 0 aromatic carbocycles. The van der Waals surface area contributed by atoms with Crippen LogP contribution in [0.2, 0.25) is 0 Å². The zero-order valence-electron chi connectivity index (χ0n) is 9.87. The van der Waals surface area contributed by atoms with Crippen LogP contribution in [0.25, 0.3) is 0 Å². The Morgan fingerprint density at radius 1 is 1.40 bits per heavy atom. The van der Waals surface area contributed by atoms with E-state index in [9.17, 15) is 5.11 Å². The van der Waals surface area contributed by atoms with Crippen molar-refractivity contribution in [3.8, 4) is 0 Å². The third kappa shape index (κ3) is 2.23. The largest absolute Gasteiger partial charge is 0.386 e. The first-order valence-electron chi connectivity index (χ1n) is 5.55. The van der Waals surface area contributed by atoms with Crippen LogP contribution in [0, 0.1) is 12.8 Å². The van der Waals surface area contributed by atoms with E-state index >= 15 is 0 Å². The lowest BCUT2D eigenvalue weighted by atomic mass is 9.93. The fraction of sp³-hybridized carbons (Fsp3) is 0.750. The van der Waals surface area contributed by atoms with E-state index in [-0.39, 0.29) is 11.5 Å². The summed E-state index contributed by atoms with van der Waals surface area (Å²) < 4.78 is 0. The van der Waals surface area contributed by atoms with Crippen molar-refractivity contribution in [2.45, 2.75) is 52.1 Å². The molecule has 1 aromatic heterocycles. The summed E-state index contributed by atoms with van der Waals surface area (Å²) >= 11 is 1.68. The molecule has 0 spiro atoms.